The number of anilines is 1. The van der Waals surface area contributed by atoms with Crippen LogP contribution in [0.2, 0.25) is 0 Å². The lowest BCUT2D eigenvalue weighted by molar-refractivity contribution is -0.115. The van der Waals surface area contributed by atoms with Crippen molar-refractivity contribution < 1.29 is 4.79 Å². The van der Waals surface area contributed by atoms with Gasteiger partial charge in [-0.2, -0.15) is 0 Å². The maximum Gasteiger partial charge on any atom is 0.243 e. The van der Waals surface area contributed by atoms with Crippen molar-refractivity contribution in [3.63, 3.8) is 0 Å². The number of hydrogen-bond donors (Lipinski definition) is 1. The van der Waals surface area contributed by atoms with E-state index in [2.05, 4.69) is 31.2 Å². The molecule has 0 spiro atoms. The standard InChI is InChI=1S/C18H14BrN3OS/c19-15-11-21-16(12-20-15)22-18(23)17(13-7-3-1-4-8-13)24-14-9-5-2-6-10-14/h1-12,17H,(H,21,22,23)/t17-/m1/s1. The molecule has 1 amide bonds. The molecule has 1 aromatic heterocycles. The van der Waals surface area contributed by atoms with Gasteiger partial charge in [-0.3, -0.25) is 4.79 Å². The average Bonchev–Trinajstić information content (AvgIpc) is 2.63. The number of aromatic nitrogens is 2. The molecule has 0 aliphatic carbocycles. The molecule has 4 nitrogen and oxygen atoms in total. The SMILES string of the molecule is O=C(Nc1cnc(Br)cn1)[C@H](Sc1ccccc1)c1ccccc1. The van der Waals surface area contributed by atoms with Gasteiger partial charge in [-0.15, -0.1) is 11.8 Å². The van der Waals surface area contributed by atoms with Gasteiger partial charge >= 0.3 is 0 Å². The minimum atomic E-state index is -0.376. The Balaban J connectivity index is 1.83. The highest BCUT2D eigenvalue weighted by molar-refractivity contribution is 9.10. The molecule has 0 radical (unpaired) electrons. The van der Waals surface area contributed by atoms with Crippen LogP contribution in [-0.4, -0.2) is 15.9 Å². The van der Waals surface area contributed by atoms with E-state index in [1.54, 1.807) is 6.20 Å². The number of nitrogens with one attached hydrogen (secondary N) is 1. The summed E-state index contributed by atoms with van der Waals surface area (Å²) in [6, 6.07) is 19.6. The molecular formula is C18H14BrN3OS. The number of carbonyl (C=O) groups excluding carboxylic acids is 1. The van der Waals surface area contributed by atoms with E-state index in [1.807, 2.05) is 60.7 Å². The molecule has 24 heavy (non-hydrogen) atoms. The molecule has 3 aromatic rings. The third-order valence-electron chi connectivity index (χ3n) is 3.21. The summed E-state index contributed by atoms with van der Waals surface area (Å²) < 4.78 is 0.624. The Morgan fingerprint density at radius 2 is 1.62 bits per heavy atom. The number of nitrogens with zero attached hydrogens (tertiary/aromatic N) is 2. The smallest absolute Gasteiger partial charge is 0.243 e. The van der Waals surface area contributed by atoms with Crippen LogP contribution in [0.5, 0.6) is 0 Å². The third-order valence-corrected chi connectivity index (χ3v) is 4.88. The second-order valence-corrected chi connectivity index (χ2v) is 6.93. The summed E-state index contributed by atoms with van der Waals surface area (Å²) in [4.78, 5) is 22.1. The fourth-order valence-electron chi connectivity index (χ4n) is 2.10. The van der Waals surface area contributed by atoms with E-state index in [0.717, 1.165) is 10.5 Å². The monoisotopic (exact) mass is 399 g/mol. The summed E-state index contributed by atoms with van der Waals surface area (Å²) in [5.41, 5.74) is 0.939. The lowest BCUT2D eigenvalue weighted by Crippen LogP contribution is -2.19. The van der Waals surface area contributed by atoms with Crippen LogP contribution in [0, 0.1) is 0 Å². The van der Waals surface area contributed by atoms with Crippen LogP contribution in [0.1, 0.15) is 10.8 Å². The molecule has 1 atom stereocenters. The summed E-state index contributed by atoms with van der Waals surface area (Å²) in [7, 11) is 0. The first-order valence-corrected chi connectivity index (χ1v) is 8.95. The zero-order valence-electron chi connectivity index (χ0n) is 12.6. The molecule has 0 saturated heterocycles. The van der Waals surface area contributed by atoms with E-state index >= 15 is 0 Å². The van der Waals surface area contributed by atoms with Gasteiger partial charge in [0.2, 0.25) is 5.91 Å². The predicted octanol–water partition coefficient (Wildman–Crippen LogP) is 4.71. The van der Waals surface area contributed by atoms with Crippen LogP contribution in [-0.2, 0) is 4.79 Å². The van der Waals surface area contributed by atoms with Crippen molar-refractivity contribution in [2.75, 3.05) is 5.32 Å². The van der Waals surface area contributed by atoms with E-state index < -0.39 is 0 Å². The normalized spacial score (nSPS) is 11.7. The summed E-state index contributed by atoms with van der Waals surface area (Å²) in [6.45, 7) is 0. The van der Waals surface area contributed by atoms with E-state index in [0.29, 0.717) is 10.4 Å². The van der Waals surface area contributed by atoms with Gasteiger partial charge in [0, 0.05) is 4.90 Å². The minimum Gasteiger partial charge on any atom is -0.308 e. The largest absolute Gasteiger partial charge is 0.308 e. The van der Waals surface area contributed by atoms with Crippen molar-refractivity contribution in [3.8, 4) is 0 Å². The van der Waals surface area contributed by atoms with Gasteiger partial charge in [-0.1, -0.05) is 48.5 Å². The molecule has 3 rings (SSSR count). The van der Waals surface area contributed by atoms with Crippen LogP contribution in [0.25, 0.3) is 0 Å². The number of halogens is 1. The van der Waals surface area contributed by atoms with E-state index in [9.17, 15) is 4.79 Å². The number of rotatable bonds is 5. The van der Waals surface area contributed by atoms with Crippen LogP contribution < -0.4 is 5.32 Å². The van der Waals surface area contributed by atoms with Crippen molar-refractivity contribution >= 4 is 39.4 Å². The van der Waals surface area contributed by atoms with Gasteiger partial charge in [0.1, 0.15) is 9.85 Å². The van der Waals surface area contributed by atoms with Crippen LogP contribution in [0.15, 0.2) is 82.6 Å². The molecule has 0 saturated carbocycles. The van der Waals surface area contributed by atoms with E-state index in [-0.39, 0.29) is 11.2 Å². The number of thioether (sulfide) groups is 1. The maximum absolute atomic E-state index is 12.8. The predicted molar refractivity (Wildman–Crippen MR) is 99.8 cm³/mol. The molecule has 2 aromatic carbocycles. The lowest BCUT2D eigenvalue weighted by atomic mass is 10.1. The van der Waals surface area contributed by atoms with E-state index in [4.69, 9.17) is 0 Å². The Kier molecular flexibility index (Phi) is 5.61. The Morgan fingerprint density at radius 1 is 0.958 bits per heavy atom. The molecule has 1 heterocycles. The topological polar surface area (TPSA) is 54.9 Å². The van der Waals surface area contributed by atoms with Crippen LogP contribution >= 0.6 is 27.7 Å². The van der Waals surface area contributed by atoms with Gasteiger partial charge in [-0.05, 0) is 33.6 Å². The highest BCUT2D eigenvalue weighted by Crippen LogP contribution is 2.35. The Morgan fingerprint density at radius 3 is 2.25 bits per heavy atom. The first kappa shape index (κ1) is 16.7. The lowest BCUT2D eigenvalue weighted by Gasteiger charge is -2.16. The Bertz CT molecular complexity index is 798. The average molecular weight is 400 g/mol. The summed E-state index contributed by atoms with van der Waals surface area (Å²) in [6.07, 6.45) is 3.08. The van der Waals surface area contributed by atoms with Crippen molar-refractivity contribution in [1.29, 1.82) is 0 Å². The number of benzene rings is 2. The fraction of sp³-hybridized carbons (Fsp3) is 0.0556. The summed E-state index contributed by atoms with van der Waals surface area (Å²) in [5.74, 6) is 0.296. The number of hydrogen-bond acceptors (Lipinski definition) is 4. The first-order chi connectivity index (χ1) is 11.7. The van der Waals surface area contributed by atoms with Gasteiger partial charge in [0.15, 0.2) is 5.82 Å². The van der Waals surface area contributed by atoms with Crippen molar-refractivity contribution in [2.24, 2.45) is 0 Å². The fourth-order valence-corrected chi connectivity index (χ4v) is 3.35. The molecule has 1 N–H and O–H groups in total. The molecule has 0 aliphatic rings. The first-order valence-electron chi connectivity index (χ1n) is 7.27. The molecule has 0 fully saturated rings. The van der Waals surface area contributed by atoms with Gasteiger partial charge in [0.05, 0.1) is 12.4 Å². The number of carbonyl (C=O) groups is 1. The van der Waals surface area contributed by atoms with Crippen molar-refractivity contribution in [2.45, 2.75) is 10.1 Å². The molecular weight excluding hydrogens is 386 g/mol. The number of amides is 1. The second kappa shape index (κ2) is 8.08. The van der Waals surface area contributed by atoms with Crippen molar-refractivity contribution in [3.05, 3.63) is 83.2 Å². The highest BCUT2D eigenvalue weighted by Gasteiger charge is 2.22. The van der Waals surface area contributed by atoms with Crippen molar-refractivity contribution in [1.82, 2.24) is 9.97 Å². The highest BCUT2D eigenvalue weighted by atomic mass is 79.9. The zero-order chi connectivity index (χ0) is 16.8. The molecule has 6 heteroatoms. The van der Waals surface area contributed by atoms with Crippen LogP contribution in [0.3, 0.4) is 0 Å². The molecule has 0 aliphatic heterocycles. The maximum atomic E-state index is 12.8. The molecule has 120 valence electrons. The van der Waals surface area contributed by atoms with Gasteiger partial charge in [-0.25, -0.2) is 9.97 Å². The molecule has 0 unspecified atom stereocenters. The third kappa shape index (κ3) is 4.43. The Hall–Kier alpha value is -2.18. The van der Waals surface area contributed by atoms with Gasteiger partial charge in [0.25, 0.3) is 0 Å². The van der Waals surface area contributed by atoms with E-state index in [1.165, 1.54) is 18.0 Å². The zero-order valence-corrected chi connectivity index (χ0v) is 15.0. The quantitative estimate of drug-likeness (QED) is 0.631. The summed E-state index contributed by atoms with van der Waals surface area (Å²) >= 11 is 4.73. The van der Waals surface area contributed by atoms with Gasteiger partial charge < -0.3 is 5.32 Å². The Labute approximate surface area is 152 Å². The minimum absolute atomic E-state index is 0.133. The summed E-state index contributed by atoms with van der Waals surface area (Å²) in [5, 5.41) is 2.46. The molecule has 0 bridgehead atoms. The second-order valence-electron chi connectivity index (χ2n) is 4.94. The van der Waals surface area contributed by atoms with Crippen LogP contribution in [0.4, 0.5) is 5.82 Å².